The smallest absolute Gasteiger partial charge is 0.319 e. The highest BCUT2D eigenvalue weighted by atomic mass is 79.9. The van der Waals surface area contributed by atoms with Crippen molar-refractivity contribution < 1.29 is 14.4 Å². The standard InChI is InChI=1S/C17H16BrN7O3/c18-10-7-21-15-13(8-22-25(15)9-10)16(27)23-11-2-1-3-12(6-11)24-17(28)20-5-4-14(19)26/h1-3,6-9H,4-5H2,(H2,19,26)(H,23,27)(H2,20,24,28). The molecule has 0 saturated heterocycles. The zero-order valence-corrected chi connectivity index (χ0v) is 16.1. The Kier molecular flexibility index (Phi) is 5.84. The van der Waals surface area contributed by atoms with Crippen LogP contribution in [0.5, 0.6) is 0 Å². The van der Waals surface area contributed by atoms with Gasteiger partial charge in [0.15, 0.2) is 5.65 Å². The van der Waals surface area contributed by atoms with E-state index in [1.807, 2.05) is 0 Å². The summed E-state index contributed by atoms with van der Waals surface area (Å²) in [4.78, 5) is 39.2. The van der Waals surface area contributed by atoms with Crippen LogP contribution in [0.25, 0.3) is 5.65 Å². The number of amides is 4. The predicted molar refractivity (Wildman–Crippen MR) is 106 cm³/mol. The summed E-state index contributed by atoms with van der Waals surface area (Å²) in [6.07, 6.45) is 4.75. The molecule has 0 saturated carbocycles. The maximum Gasteiger partial charge on any atom is 0.319 e. The van der Waals surface area contributed by atoms with Crippen LogP contribution in [0.3, 0.4) is 0 Å². The average molecular weight is 446 g/mol. The Balaban J connectivity index is 1.66. The zero-order valence-electron chi connectivity index (χ0n) is 14.5. The Morgan fingerprint density at radius 1 is 1.14 bits per heavy atom. The first-order valence-corrected chi connectivity index (χ1v) is 8.95. The summed E-state index contributed by atoms with van der Waals surface area (Å²) < 4.78 is 2.23. The van der Waals surface area contributed by atoms with Crippen molar-refractivity contribution in [1.82, 2.24) is 19.9 Å². The van der Waals surface area contributed by atoms with Gasteiger partial charge >= 0.3 is 6.03 Å². The van der Waals surface area contributed by atoms with Gasteiger partial charge in [-0.2, -0.15) is 5.10 Å². The van der Waals surface area contributed by atoms with Crippen molar-refractivity contribution in [2.24, 2.45) is 5.73 Å². The lowest BCUT2D eigenvalue weighted by molar-refractivity contribution is -0.117. The van der Waals surface area contributed by atoms with E-state index in [4.69, 9.17) is 5.73 Å². The van der Waals surface area contributed by atoms with Crippen LogP contribution >= 0.6 is 15.9 Å². The van der Waals surface area contributed by atoms with Crippen LogP contribution < -0.4 is 21.7 Å². The fourth-order valence-electron chi connectivity index (χ4n) is 2.36. The Labute approximate surface area is 167 Å². The van der Waals surface area contributed by atoms with Gasteiger partial charge in [-0.1, -0.05) is 6.07 Å². The molecule has 0 aliphatic rings. The second-order valence-corrected chi connectivity index (χ2v) is 6.65. The van der Waals surface area contributed by atoms with Crippen molar-refractivity contribution in [2.75, 3.05) is 17.2 Å². The lowest BCUT2D eigenvalue weighted by Gasteiger charge is -2.09. The van der Waals surface area contributed by atoms with Gasteiger partial charge in [0.05, 0.1) is 10.7 Å². The van der Waals surface area contributed by atoms with E-state index < -0.39 is 11.9 Å². The van der Waals surface area contributed by atoms with Crippen molar-refractivity contribution in [3.05, 3.63) is 52.9 Å². The quantitative estimate of drug-likeness (QED) is 0.456. The number of anilines is 2. The van der Waals surface area contributed by atoms with Gasteiger partial charge in [-0.15, -0.1) is 0 Å². The molecule has 4 amide bonds. The van der Waals surface area contributed by atoms with Gasteiger partial charge < -0.3 is 21.7 Å². The van der Waals surface area contributed by atoms with Crippen LogP contribution in [0.2, 0.25) is 0 Å². The number of halogens is 1. The number of aromatic nitrogens is 3. The zero-order chi connectivity index (χ0) is 20.1. The molecule has 11 heteroatoms. The molecule has 0 radical (unpaired) electrons. The third-order valence-electron chi connectivity index (χ3n) is 3.60. The van der Waals surface area contributed by atoms with E-state index in [1.165, 1.54) is 10.7 Å². The number of hydrogen-bond donors (Lipinski definition) is 4. The lowest BCUT2D eigenvalue weighted by Crippen LogP contribution is -2.31. The minimum Gasteiger partial charge on any atom is -0.370 e. The lowest BCUT2D eigenvalue weighted by atomic mass is 10.2. The minimum absolute atomic E-state index is 0.0494. The van der Waals surface area contributed by atoms with Gasteiger partial charge in [-0.05, 0) is 34.1 Å². The maximum absolute atomic E-state index is 12.6. The third-order valence-corrected chi connectivity index (χ3v) is 4.01. The molecule has 10 nitrogen and oxygen atoms in total. The Bertz CT molecular complexity index is 1050. The van der Waals surface area contributed by atoms with Crippen molar-refractivity contribution in [3.8, 4) is 0 Å². The van der Waals surface area contributed by atoms with E-state index in [9.17, 15) is 14.4 Å². The second-order valence-electron chi connectivity index (χ2n) is 5.73. The molecule has 3 rings (SSSR count). The summed E-state index contributed by atoms with van der Waals surface area (Å²) in [5, 5.41) is 12.0. The van der Waals surface area contributed by atoms with Crippen LogP contribution in [-0.2, 0) is 4.79 Å². The summed E-state index contributed by atoms with van der Waals surface area (Å²) in [6.45, 7) is 0.134. The van der Waals surface area contributed by atoms with E-state index >= 15 is 0 Å². The van der Waals surface area contributed by atoms with Gasteiger partial charge in [-0.25, -0.2) is 14.3 Å². The second kappa shape index (κ2) is 8.48. The molecular formula is C17H16BrN7O3. The molecule has 0 spiro atoms. The highest BCUT2D eigenvalue weighted by molar-refractivity contribution is 9.10. The number of carbonyl (C=O) groups excluding carboxylic acids is 3. The monoisotopic (exact) mass is 445 g/mol. The first-order valence-electron chi connectivity index (χ1n) is 8.16. The molecule has 0 aliphatic carbocycles. The summed E-state index contributed by atoms with van der Waals surface area (Å²) in [6, 6.07) is 6.14. The van der Waals surface area contributed by atoms with E-state index in [2.05, 4.69) is 42.0 Å². The van der Waals surface area contributed by atoms with E-state index in [1.54, 1.807) is 36.7 Å². The van der Waals surface area contributed by atoms with E-state index in [0.29, 0.717) is 22.6 Å². The summed E-state index contributed by atoms with van der Waals surface area (Å²) in [5.41, 5.74) is 6.70. The van der Waals surface area contributed by atoms with Crippen molar-refractivity contribution >= 4 is 50.8 Å². The Morgan fingerprint density at radius 3 is 2.64 bits per heavy atom. The van der Waals surface area contributed by atoms with Gasteiger partial charge in [0.1, 0.15) is 5.56 Å². The number of carbonyl (C=O) groups is 3. The molecule has 28 heavy (non-hydrogen) atoms. The van der Waals surface area contributed by atoms with Gasteiger partial charge in [0.25, 0.3) is 5.91 Å². The maximum atomic E-state index is 12.6. The fourth-order valence-corrected chi connectivity index (χ4v) is 2.66. The normalized spacial score (nSPS) is 10.5. The molecule has 0 unspecified atom stereocenters. The van der Waals surface area contributed by atoms with Crippen molar-refractivity contribution in [2.45, 2.75) is 6.42 Å². The predicted octanol–water partition coefficient (Wildman–Crippen LogP) is 1.74. The molecule has 3 aromatic rings. The number of primary amides is 1. The minimum atomic E-state index is -0.500. The van der Waals surface area contributed by atoms with Crippen LogP contribution in [-0.4, -0.2) is 39.0 Å². The molecule has 0 atom stereocenters. The van der Waals surface area contributed by atoms with E-state index in [0.717, 1.165) is 4.47 Å². The molecule has 5 N–H and O–H groups in total. The first-order chi connectivity index (χ1) is 13.4. The number of nitrogens with one attached hydrogen (secondary N) is 3. The molecule has 2 aromatic heterocycles. The molecule has 144 valence electrons. The molecule has 0 bridgehead atoms. The molecule has 0 aliphatic heterocycles. The van der Waals surface area contributed by atoms with Crippen LogP contribution in [0.4, 0.5) is 16.2 Å². The highest BCUT2D eigenvalue weighted by Gasteiger charge is 2.14. The summed E-state index contributed by atoms with van der Waals surface area (Å²) >= 11 is 3.30. The highest BCUT2D eigenvalue weighted by Crippen LogP contribution is 2.18. The number of nitrogens with zero attached hydrogens (tertiary/aromatic N) is 3. The number of urea groups is 1. The van der Waals surface area contributed by atoms with Crippen LogP contribution in [0, 0.1) is 0 Å². The Hall–Kier alpha value is -3.47. The first kappa shape index (κ1) is 19.3. The van der Waals surface area contributed by atoms with Gasteiger partial charge in [-0.3, -0.25) is 9.59 Å². The fraction of sp³-hybridized carbons (Fsp3) is 0.118. The van der Waals surface area contributed by atoms with Gasteiger partial charge in [0, 0.05) is 36.7 Å². The summed E-state index contributed by atoms with van der Waals surface area (Å²) in [7, 11) is 0. The van der Waals surface area contributed by atoms with Crippen molar-refractivity contribution in [3.63, 3.8) is 0 Å². The topological polar surface area (TPSA) is 144 Å². The molecule has 2 heterocycles. The third kappa shape index (κ3) is 4.82. The van der Waals surface area contributed by atoms with E-state index in [-0.39, 0.29) is 18.9 Å². The SMILES string of the molecule is NC(=O)CCNC(=O)Nc1cccc(NC(=O)c2cnn3cc(Br)cnc23)c1. The largest absolute Gasteiger partial charge is 0.370 e. The van der Waals surface area contributed by atoms with Crippen LogP contribution in [0.15, 0.2) is 47.3 Å². The van der Waals surface area contributed by atoms with Gasteiger partial charge in [0.2, 0.25) is 5.91 Å². The number of benzene rings is 1. The summed E-state index contributed by atoms with van der Waals surface area (Å²) in [5.74, 6) is -0.882. The number of rotatable bonds is 6. The van der Waals surface area contributed by atoms with Crippen LogP contribution in [0.1, 0.15) is 16.8 Å². The number of fused-ring (bicyclic) bond motifs is 1. The van der Waals surface area contributed by atoms with Crippen molar-refractivity contribution in [1.29, 1.82) is 0 Å². The number of hydrogen-bond acceptors (Lipinski definition) is 5. The molecule has 0 fully saturated rings. The molecule has 1 aromatic carbocycles. The molecular weight excluding hydrogens is 430 g/mol. The Morgan fingerprint density at radius 2 is 1.89 bits per heavy atom. The number of nitrogens with two attached hydrogens (primary N) is 1. The average Bonchev–Trinajstić information content (AvgIpc) is 3.04.